The molecule has 0 N–H and O–H groups in total. The van der Waals surface area contributed by atoms with Gasteiger partial charge in [0.05, 0.1) is 22.1 Å². The highest BCUT2D eigenvalue weighted by Crippen LogP contribution is 2.54. The van der Waals surface area contributed by atoms with E-state index in [1.165, 1.54) is 232 Å². The van der Waals surface area contributed by atoms with Gasteiger partial charge >= 0.3 is 0 Å². The van der Waals surface area contributed by atoms with E-state index in [0.717, 1.165) is 6.42 Å². The average molecular weight is 1270 g/mol. The van der Waals surface area contributed by atoms with Gasteiger partial charge in [0.15, 0.2) is 0 Å². The normalized spacial score (nSPS) is 16.2. The number of fused-ring (bicyclic) bond motifs is 30. The van der Waals surface area contributed by atoms with Crippen molar-refractivity contribution in [3.8, 4) is 44.8 Å². The summed E-state index contributed by atoms with van der Waals surface area (Å²) in [7, 11) is 0. The van der Waals surface area contributed by atoms with Gasteiger partial charge in [0.2, 0.25) is 0 Å². The lowest BCUT2D eigenvalue weighted by Crippen LogP contribution is -2.59. The lowest BCUT2D eigenvalue weighted by molar-refractivity contribution is 0.332. The van der Waals surface area contributed by atoms with Gasteiger partial charge in [-0.1, -0.05) is 274 Å². The van der Waals surface area contributed by atoms with Crippen molar-refractivity contribution in [1.29, 1.82) is 0 Å². The second-order valence-electron chi connectivity index (χ2n) is 32.6. The Morgan fingerprint density at radius 2 is 0.677 bits per heavy atom. The predicted molar refractivity (Wildman–Crippen MR) is 427 cm³/mol. The molecule has 2 aliphatic carbocycles. The summed E-state index contributed by atoms with van der Waals surface area (Å²) in [5.74, 6) is 0. The van der Waals surface area contributed by atoms with Crippen LogP contribution in [0.2, 0.25) is 0 Å². The zero-order chi connectivity index (χ0) is 66.1. The first-order valence-electron chi connectivity index (χ1n) is 36.2. The van der Waals surface area contributed by atoms with Crippen molar-refractivity contribution in [2.24, 2.45) is 0 Å². The molecule has 0 saturated heterocycles. The molecule has 2 nitrogen and oxygen atoms in total. The molecule has 0 saturated carbocycles. The van der Waals surface area contributed by atoms with Gasteiger partial charge in [-0.2, -0.15) is 0 Å². The van der Waals surface area contributed by atoms with Crippen molar-refractivity contribution >= 4 is 153 Å². The minimum absolute atomic E-state index is 0.0148. The molecule has 0 spiro atoms. The maximum Gasteiger partial charge on any atom is 0.252 e. The summed E-state index contributed by atoms with van der Waals surface area (Å²) in [6, 6.07) is 98.3. The highest BCUT2D eigenvalue weighted by Gasteiger charge is 2.44. The number of rotatable bonds is 3. The summed E-state index contributed by atoms with van der Waals surface area (Å²) in [4.78, 5) is 0. The summed E-state index contributed by atoms with van der Waals surface area (Å²) in [5.41, 5.74) is 25.4. The van der Waals surface area contributed by atoms with Crippen molar-refractivity contribution < 1.29 is 0 Å². The highest BCUT2D eigenvalue weighted by atomic mass is 15.0. The molecule has 3 heteroatoms. The van der Waals surface area contributed by atoms with Gasteiger partial charge in [0, 0.05) is 43.7 Å². The van der Waals surface area contributed by atoms with E-state index in [2.05, 4.69) is 313 Å². The Labute approximate surface area is 576 Å². The molecule has 0 radical (unpaired) electrons. The summed E-state index contributed by atoms with van der Waals surface area (Å²) in [6.45, 7) is 19.6. The molecule has 18 aromatic rings. The first kappa shape index (κ1) is 56.3. The van der Waals surface area contributed by atoms with E-state index in [1.54, 1.807) is 0 Å². The Morgan fingerprint density at radius 1 is 0.263 bits per heavy atom. The first-order chi connectivity index (χ1) is 48.1. The number of benzene rings is 16. The lowest BCUT2D eigenvalue weighted by Gasteiger charge is -2.42. The van der Waals surface area contributed by atoms with E-state index in [9.17, 15) is 0 Å². The molecule has 0 unspecified atom stereocenters. The molecule has 2 aliphatic heterocycles. The molecule has 22 rings (SSSR count). The second-order valence-corrected chi connectivity index (χ2v) is 32.6. The maximum absolute atomic E-state index is 2.78. The molecule has 4 aliphatic rings. The second kappa shape index (κ2) is 19.1. The number of hydrogen-bond donors (Lipinski definition) is 0. The molecule has 2 aromatic heterocycles. The Morgan fingerprint density at radius 3 is 1.27 bits per heavy atom. The fraction of sp³-hybridized carbons (Fsp3) is 0.167. The smallest absolute Gasteiger partial charge is 0.252 e. The third-order valence-electron chi connectivity index (χ3n) is 25.5. The van der Waals surface area contributed by atoms with E-state index in [0.29, 0.717) is 0 Å². The van der Waals surface area contributed by atoms with Crippen LogP contribution in [0.1, 0.15) is 103 Å². The molecular weight excluding hydrogens is 1190 g/mol. The van der Waals surface area contributed by atoms with Crippen LogP contribution in [-0.4, -0.2) is 15.8 Å². The standard InChI is InChI=1S/C96H73BN2/c1-93(2)43-45-95(5,6)76-48-56(34-39-74(76)93)55-33-37-60(72(47-55)58-35-40-75-77(49-58)96(7,8)46-44-94(75,3)4)59-51-82-90-83(52-59)99-81-42-38-71-67-29-15-13-25-63(67)65-27-17-19-31-69(65)84(71)88(81)89-85-70-32-20-18-28-66(70)64-26-14-16-30-68(64)73(85)53-79(92(89)99)97(90)78-50-57-22-10-12-24-62(57)87-86-61-23-11-9-21-54(61)36-41-80(86)98(82)91(78)87/h9-42,47-53H,43-46H2,1-8H3. The zero-order valence-electron chi connectivity index (χ0n) is 57.5. The topological polar surface area (TPSA) is 9.86 Å². The van der Waals surface area contributed by atoms with Crippen LogP contribution in [0.15, 0.2) is 249 Å². The lowest BCUT2D eigenvalue weighted by atomic mass is 9.34. The maximum atomic E-state index is 2.78. The fourth-order valence-corrected chi connectivity index (χ4v) is 20.4. The first-order valence-corrected chi connectivity index (χ1v) is 36.2. The molecule has 0 amide bonds. The molecule has 4 heterocycles. The molecule has 0 bridgehead atoms. The third-order valence-corrected chi connectivity index (χ3v) is 25.5. The minimum Gasteiger partial charge on any atom is -0.310 e. The van der Waals surface area contributed by atoms with Gasteiger partial charge in [-0.15, -0.1) is 0 Å². The van der Waals surface area contributed by atoms with Gasteiger partial charge in [0.25, 0.3) is 6.71 Å². The summed E-state index contributed by atoms with van der Waals surface area (Å²) >= 11 is 0. The summed E-state index contributed by atoms with van der Waals surface area (Å²) in [6.07, 6.45) is 4.68. The predicted octanol–water partition coefficient (Wildman–Crippen LogP) is 23.9. The number of nitrogens with zero attached hydrogens (tertiary/aromatic N) is 2. The van der Waals surface area contributed by atoms with Crippen molar-refractivity contribution in [2.75, 3.05) is 0 Å². The van der Waals surface area contributed by atoms with Crippen LogP contribution in [0.4, 0.5) is 0 Å². The van der Waals surface area contributed by atoms with E-state index in [-0.39, 0.29) is 28.4 Å². The fourth-order valence-electron chi connectivity index (χ4n) is 20.4. The monoisotopic (exact) mass is 1260 g/mol. The van der Waals surface area contributed by atoms with Crippen molar-refractivity contribution in [3.05, 3.63) is 271 Å². The third kappa shape index (κ3) is 7.33. The SMILES string of the molecule is CC1(C)CCC(C)(C)c2cc(-c3ccc(-c4cc5c6c(c4)-n4c7ccc8c9ccccc9c9ccccc9c8c7c7c8c9ccccc9c9ccccc9c8cc(c74)B6c4cc6ccccc6c6c7c8ccccc8ccc7n-5c46)c(-c4ccc5c(c4)C(C)(C)CCC5(C)C)c3)ccc21. The molecule has 0 fully saturated rings. The van der Waals surface area contributed by atoms with Gasteiger partial charge < -0.3 is 9.13 Å². The minimum atomic E-state index is -0.136. The van der Waals surface area contributed by atoms with E-state index < -0.39 is 0 Å². The van der Waals surface area contributed by atoms with Gasteiger partial charge in [-0.05, 0) is 225 Å². The number of hydrogen-bond acceptors (Lipinski definition) is 0. The van der Waals surface area contributed by atoms with E-state index in [4.69, 9.17) is 0 Å². The van der Waals surface area contributed by atoms with Crippen LogP contribution in [-0.2, 0) is 21.7 Å². The Balaban J connectivity index is 0.946. The highest BCUT2D eigenvalue weighted by molar-refractivity contribution is 7.01. The van der Waals surface area contributed by atoms with Crippen LogP contribution >= 0.6 is 0 Å². The van der Waals surface area contributed by atoms with Crippen molar-refractivity contribution in [3.63, 3.8) is 0 Å². The summed E-state index contributed by atoms with van der Waals surface area (Å²) < 4.78 is 5.52. The molecule has 16 aromatic carbocycles. The Kier molecular flexibility index (Phi) is 10.9. The van der Waals surface area contributed by atoms with E-state index >= 15 is 0 Å². The van der Waals surface area contributed by atoms with Crippen LogP contribution in [0.5, 0.6) is 0 Å². The van der Waals surface area contributed by atoms with Crippen molar-refractivity contribution in [2.45, 2.75) is 103 Å². The summed E-state index contributed by atoms with van der Waals surface area (Å²) in [5, 5.41) is 25.9. The Bertz CT molecular complexity index is 6760. The molecule has 0 atom stereocenters. The Hall–Kier alpha value is -10.7. The molecular formula is C96H73BN2. The van der Waals surface area contributed by atoms with Crippen LogP contribution in [0.25, 0.3) is 175 Å². The number of aromatic nitrogens is 2. The van der Waals surface area contributed by atoms with Gasteiger partial charge in [-0.3, -0.25) is 0 Å². The molecule has 470 valence electrons. The van der Waals surface area contributed by atoms with Crippen molar-refractivity contribution in [1.82, 2.24) is 9.13 Å². The zero-order valence-corrected chi connectivity index (χ0v) is 57.5. The van der Waals surface area contributed by atoms with Crippen LogP contribution in [0, 0.1) is 0 Å². The average Bonchev–Trinajstić information content (AvgIpc) is 1.53. The van der Waals surface area contributed by atoms with E-state index in [1.807, 2.05) is 0 Å². The van der Waals surface area contributed by atoms with Crippen LogP contribution in [0.3, 0.4) is 0 Å². The van der Waals surface area contributed by atoms with Gasteiger partial charge in [-0.25, -0.2) is 0 Å². The van der Waals surface area contributed by atoms with Crippen LogP contribution < -0.4 is 16.4 Å². The largest absolute Gasteiger partial charge is 0.310 e. The van der Waals surface area contributed by atoms with Gasteiger partial charge in [0.1, 0.15) is 0 Å². The quantitative estimate of drug-likeness (QED) is 0.123. The molecule has 99 heavy (non-hydrogen) atoms.